The molecule has 3 unspecified atom stereocenters. The van der Waals surface area contributed by atoms with Gasteiger partial charge in [-0.15, -0.1) is 0 Å². The van der Waals surface area contributed by atoms with Crippen LogP contribution >= 0.6 is 0 Å². The summed E-state index contributed by atoms with van der Waals surface area (Å²) in [5, 5.41) is -4.45. The molecule has 0 amide bonds. The van der Waals surface area contributed by atoms with Crippen molar-refractivity contribution in [3.8, 4) is 5.75 Å². The highest BCUT2D eigenvalue weighted by Crippen LogP contribution is 2.37. The van der Waals surface area contributed by atoms with Crippen molar-refractivity contribution in [3.05, 3.63) is 83.9 Å². The summed E-state index contributed by atoms with van der Waals surface area (Å²) < 4.78 is 76.2. The molecule has 0 bridgehead atoms. The Morgan fingerprint density at radius 1 is 0.872 bits per heavy atom. The fourth-order valence-corrected chi connectivity index (χ4v) is 6.59. The van der Waals surface area contributed by atoms with Crippen molar-refractivity contribution >= 4 is 21.0 Å². The third kappa shape index (κ3) is 6.47. The van der Waals surface area contributed by atoms with Gasteiger partial charge < -0.3 is 14.2 Å². The molecule has 1 saturated heterocycles. The first-order valence-corrected chi connectivity index (χ1v) is 15.1. The van der Waals surface area contributed by atoms with E-state index in [-0.39, 0.29) is 11.4 Å². The minimum Gasteiger partial charge on any atom is -0.483 e. The van der Waals surface area contributed by atoms with Crippen LogP contribution in [-0.2, 0) is 36.1 Å². The standard InChI is InChI=1S/C29H32F2O6S2/c1-20-6-12-24(13-7-20)38(25-14-8-22(9-15-25)28(5)19-35-27(3,4)18-36-28)26-16-10-23(11-17-26)37-21(2)29(30,31)39(32,33)34/h6-17,21H,18-19H2,1-5H3/p+1. The van der Waals surface area contributed by atoms with Crippen molar-refractivity contribution in [3.63, 3.8) is 0 Å². The monoisotopic (exact) mass is 579 g/mol. The number of alkyl halides is 2. The molecule has 39 heavy (non-hydrogen) atoms. The topological polar surface area (TPSA) is 82.1 Å². The van der Waals surface area contributed by atoms with E-state index in [1.54, 1.807) is 12.1 Å². The molecule has 1 heterocycles. The second-order valence-corrected chi connectivity index (χ2v) is 14.0. The van der Waals surface area contributed by atoms with Crippen LogP contribution in [0.1, 0.15) is 38.8 Å². The van der Waals surface area contributed by atoms with E-state index >= 15 is 0 Å². The summed E-state index contributed by atoms with van der Waals surface area (Å²) in [6, 6.07) is 23.0. The maximum absolute atomic E-state index is 13.9. The highest BCUT2D eigenvalue weighted by molar-refractivity contribution is 7.97. The molecule has 3 aromatic rings. The molecule has 4 rings (SSSR count). The van der Waals surface area contributed by atoms with Gasteiger partial charge in [0.2, 0.25) is 0 Å². The molecule has 0 spiro atoms. The third-order valence-corrected chi connectivity index (χ3v) is 9.87. The van der Waals surface area contributed by atoms with E-state index in [1.807, 2.05) is 52.0 Å². The number of benzene rings is 3. The number of rotatable bonds is 8. The molecule has 1 aliphatic heterocycles. The van der Waals surface area contributed by atoms with E-state index in [0.29, 0.717) is 13.2 Å². The van der Waals surface area contributed by atoms with Gasteiger partial charge in [-0.2, -0.15) is 17.2 Å². The summed E-state index contributed by atoms with van der Waals surface area (Å²) in [5.41, 5.74) is 1.25. The van der Waals surface area contributed by atoms with Crippen LogP contribution in [-0.4, -0.2) is 43.1 Å². The number of hydrogen-bond donors (Lipinski definition) is 1. The Labute approximate surface area is 231 Å². The lowest BCUT2D eigenvalue weighted by atomic mass is 9.94. The average Bonchev–Trinajstić information content (AvgIpc) is 2.88. The minimum atomic E-state index is -5.61. The van der Waals surface area contributed by atoms with Crippen LogP contribution in [0, 0.1) is 6.92 Å². The number of ether oxygens (including phenoxy) is 3. The van der Waals surface area contributed by atoms with E-state index < -0.39 is 38.0 Å². The van der Waals surface area contributed by atoms with Crippen molar-refractivity contribution in [2.45, 2.75) is 71.9 Å². The molecule has 3 aromatic carbocycles. The van der Waals surface area contributed by atoms with Crippen molar-refractivity contribution in [2.75, 3.05) is 13.2 Å². The quantitative estimate of drug-likeness (QED) is 0.246. The van der Waals surface area contributed by atoms with E-state index in [9.17, 15) is 17.2 Å². The Bertz CT molecular complexity index is 1380. The maximum Gasteiger partial charge on any atom is 0.405 e. The number of hydrogen-bond acceptors (Lipinski definition) is 5. The highest BCUT2D eigenvalue weighted by atomic mass is 32.2. The third-order valence-electron chi connectivity index (χ3n) is 6.62. The molecule has 0 aliphatic carbocycles. The van der Waals surface area contributed by atoms with Crippen molar-refractivity contribution in [2.24, 2.45) is 0 Å². The van der Waals surface area contributed by atoms with Crippen LogP contribution in [0.15, 0.2) is 87.5 Å². The van der Waals surface area contributed by atoms with Crippen LogP contribution in [0.5, 0.6) is 5.75 Å². The fourth-order valence-electron chi connectivity index (χ4n) is 4.08. The zero-order valence-electron chi connectivity index (χ0n) is 22.5. The number of aryl methyl sites for hydroxylation is 1. The first-order chi connectivity index (χ1) is 18.1. The van der Waals surface area contributed by atoms with Gasteiger partial charge in [0, 0.05) is 0 Å². The Balaban J connectivity index is 1.62. The van der Waals surface area contributed by atoms with Crippen LogP contribution in [0.4, 0.5) is 8.78 Å². The summed E-state index contributed by atoms with van der Waals surface area (Å²) in [4.78, 5) is 3.03. The van der Waals surface area contributed by atoms with E-state index in [4.69, 9.17) is 18.8 Å². The van der Waals surface area contributed by atoms with E-state index in [0.717, 1.165) is 32.7 Å². The molecule has 0 saturated carbocycles. The van der Waals surface area contributed by atoms with E-state index in [2.05, 4.69) is 24.3 Å². The molecule has 10 heteroatoms. The first kappa shape index (κ1) is 29.5. The zero-order valence-corrected chi connectivity index (χ0v) is 24.1. The van der Waals surface area contributed by atoms with E-state index in [1.165, 1.54) is 12.1 Å². The average molecular weight is 580 g/mol. The Morgan fingerprint density at radius 3 is 1.82 bits per heavy atom. The normalized spacial score (nSPS) is 21.2. The molecular formula is C29H33F2O6S2+. The molecule has 1 N–H and O–H groups in total. The molecule has 6 nitrogen and oxygen atoms in total. The summed E-state index contributed by atoms with van der Waals surface area (Å²) in [6.07, 6.45) is -2.08. The Kier molecular flexibility index (Phi) is 8.18. The van der Waals surface area contributed by atoms with Gasteiger partial charge in [0.15, 0.2) is 20.8 Å². The molecule has 0 aromatic heterocycles. The van der Waals surface area contributed by atoms with Gasteiger partial charge in [0.05, 0.1) is 29.7 Å². The second-order valence-electron chi connectivity index (χ2n) is 10.5. The second kappa shape index (κ2) is 10.8. The van der Waals surface area contributed by atoms with Gasteiger partial charge >= 0.3 is 15.4 Å². The lowest BCUT2D eigenvalue weighted by molar-refractivity contribution is -0.221. The van der Waals surface area contributed by atoms with Gasteiger partial charge in [0.1, 0.15) is 11.4 Å². The van der Waals surface area contributed by atoms with Crippen LogP contribution in [0.25, 0.3) is 0 Å². The van der Waals surface area contributed by atoms with Gasteiger partial charge in [-0.05, 0) is 88.7 Å². The Hall–Kier alpha value is -2.50. The van der Waals surface area contributed by atoms with Crippen molar-refractivity contribution in [1.29, 1.82) is 0 Å². The SMILES string of the molecule is Cc1ccc([S+](c2ccc(OC(C)C(F)(F)S(=O)(=O)O)cc2)c2ccc(C3(C)COC(C)(C)CO3)cc2)cc1. The van der Waals surface area contributed by atoms with Gasteiger partial charge in [-0.25, -0.2) is 0 Å². The largest absolute Gasteiger partial charge is 0.483 e. The van der Waals surface area contributed by atoms with Crippen molar-refractivity contribution < 1.29 is 36.0 Å². The van der Waals surface area contributed by atoms with Crippen LogP contribution in [0.3, 0.4) is 0 Å². The summed E-state index contributed by atoms with van der Waals surface area (Å²) in [7, 11) is -6.14. The molecular weight excluding hydrogens is 546 g/mol. The molecule has 1 aliphatic rings. The maximum atomic E-state index is 13.9. The lowest BCUT2D eigenvalue weighted by Gasteiger charge is -2.41. The predicted octanol–water partition coefficient (Wildman–Crippen LogP) is 6.38. The smallest absolute Gasteiger partial charge is 0.405 e. The van der Waals surface area contributed by atoms with Gasteiger partial charge in [-0.1, -0.05) is 29.8 Å². The molecule has 210 valence electrons. The van der Waals surface area contributed by atoms with Crippen molar-refractivity contribution in [1.82, 2.24) is 0 Å². The van der Waals surface area contributed by atoms with Gasteiger partial charge in [-0.3, -0.25) is 4.55 Å². The molecule has 1 fully saturated rings. The summed E-state index contributed by atoms with van der Waals surface area (Å²) in [6.45, 7) is 9.85. The Morgan fingerprint density at radius 2 is 1.36 bits per heavy atom. The summed E-state index contributed by atoms with van der Waals surface area (Å²) in [5.74, 6) is 0.0580. The minimum absolute atomic E-state index is 0.0580. The highest BCUT2D eigenvalue weighted by Gasteiger charge is 2.51. The zero-order chi connectivity index (χ0) is 28.6. The molecule has 0 radical (unpaired) electrons. The molecule has 3 atom stereocenters. The fraction of sp³-hybridized carbons (Fsp3) is 0.379. The van der Waals surface area contributed by atoms with Crippen LogP contribution < -0.4 is 4.74 Å². The number of halogens is 2. The van der Waals surface area contributed by atoms with Gasteiger partial charge in [0.25, 0.3) is 0 Å². The first-order valence-electron chi connectivity index (χ1n) is 12.4. The van der Waals surface area contributed by atoms with Crippen LogP contribution in [0.2, 0.25) is 0 Å². The lowest BCUT2D eigenvalue weighted by Crippen LogP contribution is -2.47. The summed E-state index contributed by atoms with van der Waals surface area (Å²) >= 11 is 0. The predicted molar refractivity (Wildman–Crippen MR) is 146 cm³/mol.